The van der Waals surface area contributed by atoms with Gasteiger partial charge in [-0.25, -0.2) is 9.80 Å². The Labute approximate surface area is 198 Å². The molecule has 0 saturated carbocycles. The number of aromatic nitrogens is 1. The third-order valence-electron chi connectivity index (χ3n) is 5.57. The van der Waals surface area contributed by atoms with Gasteiger partial charge in [-0.3, -0.25) is 19.8 Å². The molecule has 2 atom stereocenters. The maximum absolute atomic E-state index is 13.3. The third-order valence-corrected chi connectivity index (χ3v) is 5.57. The first-order valence-electron chi connectivity index (χ1n) is 11.4. The molecule has 1 aromatic carbocycles. The number of aromatic amines is 1. The number of ether oxygens (including phenoxy) is 1. The number of hydrazine groups is 1. The van der Waals surface area contributed by atoms with Gasteiger partial charge in [0.2, 0.25) is 11.8 Å². The van der Waals surface area contributed by atoms with E-state index in [1.807, 2.05) is 30.3 Å². The Bertz CT molecular complexity index is 1000. The van der Waals surface area contributed by atoms with Crippen LogP contribution in [0.3, 0.4) is 0 Å². The molecule has 0 radical (unpaired) electrons. The first-order valence-corrected chi connectivity index (χ1v) is 11.4. The summed E-state index contributed by atoms with van der Waals surface area (Å²) in [5, 5.41) is 4.02. The van der Waals surface area contributed by atoms with Crippen LogP contribution in [0.15, 0.2) is 60.8 Å². The van der Waals surface area contributed by atoms with Crippen LogP contribution in [0.1, 0.15) is 42.2 Å². The van der Waals surface area contributed by atoms with Crippen LogP contribution in [0.25, 0.3) is 0 Å². The number of esters is 1. The lowest BCUT2D eigenvalue weighted by Gasteiger charge is -2.31. The number of H-pyrrole nitrogens is 1. The summed E-state index contributed by atoms with van der Waals surface area (Å²) in [6.07, 6.45) is 5.83. The van der Waals surface area contributed by atoms with E-state index in [1.165, 1.54) is 17.2 Å². The van der Waals surface area contributed by atoms with Gasteiger partial charge in [-0.1, -0.05) is 36.4 Å². The van der Waals surface area contributed by atoms with Crippen LogP contribution in [0.4, 0.5) is 0 Å². The summed E-state index contributed by atoms with van der Waals surface area (Å²) < 4.78 is 4.97. The fourth-order valence-corrected chi connectivity index (χ4v) is 3.80. The molecule has 1 aromatic heterocycles. The molecule has 9 nitrogen and oxygen atoms in total. The molecule has 180 valence electrons. The minimum absolute atomic E-state index is 0.109. The quantitative estimate of drug-likeness (QED) is 0.281. The topological polar surface area (TPSA) is 121 Å². The molecule has 3 amide bonds. The predicted molar refractivity (Wildman–Crippen MR) is 125 cm³/mol. The lowest BCUT2D eigenvalue weighted by molar-refractivity contribution is -0.138. The fourth-order valence-electron chi connectivity index (χ4n) is 3.80. The third kappa shape index (κ3) is 7.06. The highest BCUT2D eigenvalue weighted by Crippen LogP contribution is 2.21. The Kier molecular flexibility index (Phi) is 9.02. The van der Waals surface area contributed by atoms with Crippen LogP contribution in [0, 0.1) is 5.92 Å². The van der Waals surface area contributed by atoms with Crippen LogP contribution >= 0.6 is 0 Å². The minimum atomic E-state index is -0.722. The Balaban J connectivity index is 1.84. The van der Waals surface area contributed by atoms with E-state index in [-0.39, 0.29) is 42.9 Å². The van der Waals surface area contributed by atoms with Gasteiger partial charge >= 0.3 is 5.97 Å². The van der Waals surface area contributed by atoms with E-state index >= 15 is 0 Å². The summed E-state index contributed by atoms with van der Waals surface area (Å²) in [5.41, 5.74) is 3.95. The van der Waals surface area contributed by atoms with Gasteiger partial charge in [0.05, 0.1) is 12.6 Å². The highest BCUT2D eigenvalue weighted by atomic mass is 16.5. The van der Waals surface area contributed by atoms with E-state index < -0.39 is 17.9 Å². The lowest BCUT2D eigenvalue weighted by Crippen LogP contribution is -2.52. The van der Waals surface area contributed by atoms with Gasteiger partial charge in [-0.05, 0) is 43.9 Å². The maximum Gasteiger partial charge on any atom is 0.330 e. The van der Waals surface area contributed by atoms with Crippen molar-refractivity contribution >= 4 is 23.7 Å². The summed E-state index contributed by atoms with van der Waals surface area (Å²) in [4.78, 5) is 53.2. The molecule has 0 unspecified atom stereocenters. The fraction of sp³-hybridized carbons (Fsp3) is 0.360. The molecule has 3 rings (SSSR count). The normalized spacial score (nSPS) is 16.1. The predicted octanol–water partition coefficient (Wildman–Crippen LogP) is 2.14. The number of aryl methyl sites for hydroxylation is 1. The number of nitrogens with zero attached hydrogens (tertiary/aromatic N) is 1. The number of nitrogens with one attached hydrogen (secondary N) is 3. The molecule has 0 aliphatic carbocycles. The Morgan fingerprint density at radius 3 is 2.65 bits per heavy atom. The van der Waals surface area contributed by atoms with Crippen molar-refractivity contribution in [2.45, 2.75) is 38.6 Å². The first kappa shape index (κ1) is 24.8. The molecule has 2 aromatic rings. The molecule has 1 saturated heterocycles. The second kappa shape index (κ2) is 12.4. The van der Waals surface area contributed by atoms with Crippen molar-refractivity contribution in [3.8, 4) is 0 Å². The number of rotatable bonds is 10. The van der Waals surface area contributed by atoms with E-state index in [9.17, 15) is 19.2 Å². The summed E-state index contributed by atoms with van der Waals surface area (Å²) in [5.74, 6) is -1.84. The molecule has 1 fully saturated rings. The Morgan fingerprint density at radius 2 is 2.00 bits per heavy atom. The zero-order valence-electron chi connectivity index (χ0n) is 19.2. The molecule has 1 aliphatic heterocycles. The molecule has 2 heterocycles. The highest BCUT2D eigenvalue weighted by Gasteiger charge is 2.32. The zero-order valence-corrected chi connectivity index (χ0v) is 19.2. The number of carbonyl (C=O) groups is 4. The van der Waals surface area contributed by atoms with Crippen molar-refractivity contribution in [1.29, 1.82) is 0 Å². The van der Waals surface area contributed by atoms with Crippen LogP contribution in [-0.4, -0.2) is 52.9 Å². The molecule has 1 aliphatic rings. The van der Waals surface area contributed by atoms with Crippen molar-refractivity contribution in [2.24, 2.45) is 5.92 Å². The van der Waals surface area contributed by atoms with E-state index in [0.717, 1.165) is 5.56 Å². The van der Waals surface area contributed by atoms with Gasteiger partial charge in [-0.15, -0.1) is 0 Å². The van der Waals surface area contributed by atoms with E-state index in [1.54, 1.807) is 25.3 Å². The summed E-state index contributed by atoms with van der Waals surface area (Å²) in [6.45, 7) is 2.46. The van der Waals surface area contributed by atoms with Crippen molar-refractivity contribution in [3.63, 3.8) is 0 Å². The number of hydrogen-bond donors (Lipinski definition) is 3. The van der Waals surface area contributed by atoms with Crippen LogP contribution in [0.5, 0.6) is 0 Å². The average molecular weight is 467 g/mol. The van der Waals surface area contributed by atoms with Gasteiger partial charge in [-0.2, -0.15) is 0 Å². The Hall–Kier alpha value is -3.88. The minimum Gasteiger partial charge on any atom is -0.463 e. The van der Waals surface area contributed by atoms with Crippen molar-refractivity contribution in [2.75, 3.05) is 13.2 Å². The monoisotopic (exact) mass is 466 g/mol. The molecular formula is C25H30N4O5. The smallest absolute Gasteiger partial charge is 0.330 e. The van der Waals surface area contributed by atoms with Crippen molar-refractivity contribution < 1.29 is 23.9 Å². The Morgan fingerprint density at radius 1 is 1.21 bits per heavy atom. The molecule has 34 heavy (non-hydrogen) atoms. The number of hydrogen-bond acceptors (Lipinski definition) is 5. The summed E-state index contributed by atoms with van der Waals surface area (Å²) >= 11 is 0. The molecular weight excluding hydrogens is 436 g/mol. The zero-order chi connectivity index (χ0) is 24.3. The molecule has 9 heteroatoms. The number of benzene rings is 1. The second-order valence-corrected chi connectivity index (χ2v) is 7.96. The van der Waals surface area contributed by atoms with Crippen LogP contribution < -0.4 is 10.7 Å². The lowest BCUT2D eigenvalue weighted by atomic mass is 9.97. The SMILES string of the molecule is CCOC(=O)C=C[C@H](C[C@@H]1CCNC1=O)N(NC(=O)c1ccc[nH]1)C(=O)CCc1ccccc1. The molecule has 3 N–H and O–H groups in total. The van der Waals surface area contributed by atoms with Gasteiger partial charge in [0, 0.05) is 31.2 Å². The second-order valence-electron chi connectivity index (χ2n) is 7.96. The van der Waals surface area contributed by atoms with Gasteiger partial charge in [0.25, 0.3) is 5.91 Å². The number of carbonyl (C=O) groups excluding carboxylic acids is 4. The highest BCUT2D eigenvalue weighted by molar-refractivity contribution is 5.94. The van der Waals surface area contributed by atoms with Crippen molar-refractivity contribution in [3.05, 3.63) is 72.1 Å². The van der Waals surface area contributed by atoms with Crippen LogP contribution in [-0.2, 0) is 25.5 Å². The maximum atomic E-state index is 13.3. The first-order chi connectivity index (χ1) is 16.5. The van der Waals surface area contributed by atoms with E-state index in [2.05, 4.69) is 15.7 Å². The van der Waals surface area contributed by atoms with E-state index in [0.29, 0.717) is 19.4 Å². The number of amides is 3. The summed E-state index contributed by atoms with van der Waals surface area (Å²) in [6, 6.07) is 12.1. The average Bonchev–Trinajstić information content (AvgIpc) is 3.52. The van der Waals surface area contributed by atoms with Crippen LogP contribution in [0.2, 0.25) is 0 Å². The standard InChI is InChI=1S/C25H30N4O5/c1-2-34-23(31)13-11-20(17-19-14-16-27-24(19)32)29(28-25(33)21-9-6-15-26-21)22(30)12-10-18-7-4-3-5-8-18/h3-9,11,13,15,19-20,26H,2,10,12,14,16-17H2,1H3,(H,27,32)(H,28,33)/t19-,20+/m0/s1. The van der Waals surface area contributed by atoms with Gasteiger partial charge < -0.3 is 15.0 Å². The van der Waals surface area contributed by atoms with E-state index in [4.69, 9.17) is 4.74 Å². The summed E-state index contributed by atoms with van der Waals surface area (Å²) in [7, 11) is 0. The van der Waals surface area contributed by atoms with Gasteiger partial charge in [0.1, 0.15) is 5.69 Å². The largest absolute Gasteiger partial charge is 0.463 e. The molecule has 0 bridgehead atoms. The molecule has 0 spiro atoms. The van der Waals surface area contributed by atoms with Gasteiger partial charge in [0.15, 0.2) is 0 Å². The van der Waals surface area contributed by atoms with Crippen molar-refractivity contribution in [1.82, 2.24) is 20.7 Å².